The van der Waals surface area contributed by atoms with E-state index in [1.54, 1.807) is 6.07 Å². The summed E-state index contributed by atoms with van der Waals surface area (Å²) >= 11 is 1.39. The molecular weight excluding hydrogens is 359 g/mol. The lowest BCUT2D eigenvalue weighted by Crippen LogP contribution is -2.35. The molecule has 0 radical (unpaired) electrons. The molecule has 2 aliphatic rings. The van der Waals surface area contributed by atoms with Gasteiger partial charge >= 0.3 is 6.18 Å². The zero-order valence-corrected chi connectivity index (χ0v) is 15.9. The van der Waals surface area contributed by atoms with Crippen LogP contribution < -0.4 is 4.90 Å². The van der Waals surface area contributed by atoms with Crippen molar-refractivity contribution in [1.82, 2.24) is 9.97 Å². The topological polar surface area (TPSA) is 29.0 Å². The normalized spacial score (nSPS) is 27.8. The second kappa shape index (κ2) is 5.68. The third-order valence-corrected chi connectivity index (χ3v) is 6.34. The molecule has 26 heavy (non-hydrogen) atoms. The summed E-state index contributed by atoms with van der Waals surface area (Å²) in [5.41, 5.74) is -0.225. The van der Waals surface area contributed by atoms with Crippen molar-refractivity contribution >= 4 is 17.3 Å². The number of thiophene rings is 1. The average molecular weight is 381 g/mol. The van der Waals surface area contributed by atoms with E-state index in [2.05, 4.69) is 30.7 Å². The number of alkyl halides is 3. The van der Waals surface area contributed by atoms with Crippen LogP contribution in [0.4, 0.5) is 19.1 Å². The van der Waals surface area contributed by atoms with Crippen molar-refractivity contribution in [3.8, 4) is 10.6 Å². The zero-order chi connectivity index (χ0) is 18.7. The highest BCUT2D eigenvalue weighted by atomic mass is 32.1. The molecule has 1 saturated heterocycles. The molecule has 0 unspecified atom stereocenters. The predicted octanol–water partition coefficient (Wildman–Crippen LogP) is 5.63. The fraction of sp³-hybridized carbons (Fsp3) is 0.579. The minimum Gasteiger partial charge on any atom is -0.337 e. The maximum absolute atomic E-state index is 13.4. The van der Waals surface area contributed by atoms with Crippen LogP contribution in [0.5, 0.6) is 0 Å². The van der Waals surface area contributed by atoms with Gasteiger partial charge in [0.05, 0.1) is 10.6 Å². The summed E-state index contributed by atoms with van der Waals surface area (Å²) in [4.78, 5) is 11.2. The SMILES string of the molecule is CC1(C)C[C@@H]2C[C@@](C)(CN2c2nc(-c3cccs3)cc(C(F)(F)F)n2)C1. The first-order valence-corrected chi connectivity index (χ1v) is 9.70. The Morgan fingerprint density at radius 2 is 1.96 bits per heavy atom. The van der Waals surface area contributed by atoms with Crippen molar-refractivity contribution in [1.29, 1.82) is 0 Å². The van der Waals surface area contributed by atoms with Crippen LogP contribution in [0.2, 0.25) is 0 Å². The quantitative estimate of drug-likeness (QED) is 0.675. The Kier molecular flexibility index (Phi) is 3.88. The number of rotatable bonds is 2. The molecule has 2 atom stereocenters. The molecule has 1 aliphatic carbocycles. The van der Waals surface area contributed by atoms with Gasteiger partial charge in [0.15, 0.2) is 5.69 Å². The largest absolute Gasteiger partial charge is 0.433 e. The lowest BCUT2D eigenvalue weighted by molar-refractivity contribution is -0.141. The van der Waals surface area contributed by atoms with E-state index in [1.165, 1.54) is 11.3 Å². The molecule has 1 saturated carbocycles. The van der Waals surface area contributed by atoms with Gasteiger partial charge in [-0.15, -0.1) is 11.3 Å². The smallest absolute Gasteiger partial charge is 0.337 e. The molecule has 2 aromatic heterocycles. The van der Waals surface area contributed by atoms with Crippen LogP contribution in [-0.4, -0.2) is 22.6 Å². The van der Waals surface area contributed by atoms with Crippen molar-refractivity contribution in [2.45, 2.75) is 52.3 Å². The van der Waals surface area contributed by atoms with Gasteiger partial charge in [-0.05, 0) is 47.6 Å². The Hall–Kier alpha value is -1.63. The van der Waals surface area contributed by atoms with Crippen molar-refractivity contribution in [3.05, 3.63) is 29.3 Å². The molecule has 7 heteroatoms. The summed E-state index contributed by atoms with van der Waals surface area (Å²) in [5, 5.41) is 1.84. The Morgan fingerprint density at radius 3 is 2.62 bits per heavy atom. The Morgan fingerprint density at radius 1 is 1.19 bits per heavy atom. The number of aromatic nitrogens is 2. The minimum atomic E-state index is -4.48. The lowest BCUT2D eigenvalue weighted by atomic mass is 9.65. The third kappa shape index (κ3) is 3.21. The number of nitrogens with zero attached hydrogens (tertiary/aromatic N) is 3. The molecule has 2 fully saturated rings. The fourth-order valence-electron chi connectivity index (χ4n) is 4.95. The summed E-state index contributed by atoms with van der Waals surface area (Å²) in [6.45, 7) is 7.43. The Bertz CT molecular complexity index is 816. The van der Waals surface area contributed by atoms with Crippen LogP contribution in [0.25, 0.3) is 10.6 Å². The Labute approximate surface area is 155 Å². The van der Waals surface area contributed by atoms with Crippen LogP contribution in [0.3, 0.4) is 0 Å². The van der Waals surface area contributed by atoms with Crippen LogP contribution in [0.15, 0.2) is 23.6 Å². The average Bonchev–Trinajstić information content (AvgIpc) is 3.11. The maximum Gasteiger partial charge on any atom is 0.433 e. The molecule has 3 heterocycles. The van der Waals surface area contributed by atoms with E-state index in [0.29, 0.717) is 12.2 Å². The molecule has 3 nitrogen and oxygen atoms in total. The molecule has 0 N–H and O–H groups in total. The van der Waals surface area contributed by atoms with Gasteiger partial charge in [0, 0.05) is 12.6 Å². The monoisotopic (exact) mass is 381 g/mol. The summed E-state index contributed by atoms with van der Waals surface area (Å²) in [6, 6.07) is 4.87. The molecule has 0 spiro atoms. The lowest BCUT2D eigenvalue weighted by Gasteiger charge is -2.39. The molecule has 0 amide bonds. The van der Waals surface area contributed by atoms with Gasteiger partial charge in [-0.25, -0.2) is 9.97 Å². The summed E-state index contributed by atoms with van der Waals surface area (Å²) in [5.74, 6) is 0.217. The second-order valence-electron chi connectivity index (χ2n) is 8.76. The van der Waals surface area contributed by atoms with Gasteiger partial charge in [-0.3, -0.25) is 0 Å². The molecule has 140 valence electrons. The first-order chi connectivity index (χ1) is 12.0. The number of hydrogen-bond donors (Lipinski definition) is 0. The number of anilines is 1. The van der Waals surface area contributed by atoms with Crippen molar-refractivity contribution < 1.29 is 13.2 Å². The van der Waals surface area contributed by atoms with Gasteiger partial charge in [0.2, 0.25) is 5.95 Å². The zero-order valence-electron chi connectivity index (χ0n) is 15.1. The van der Waals surface area contributed by atoms with Gasteiger partial charge in [-0.2, -0.15) is 13.2 Å². The number of hydrogen-bond acceptors (Lipinski definition) is 4. The van der Waals surface area contributed by atoms with Crippen molar-refractivity contribution in [2.24, 2.45) is 10.8 Å². The third-order valence-electron chi connectivity index (χ3n) is 5.45. The van der Waals surface area contributed by atoms with Gasteiger partial charge in [-0.1, -0.05) is 26.8 Å². The van der Waals surface area contributed by atoms with E-state index < -0.39 is 11.9 Å². The number of fused-ring (bicyclic) bond motifs is 2. The molecule has 1 aliphatic heterocycles. The highest BCUT2D eigenvalue weighted by Crippen LogP contribution is 2.53. The van der Waals surface area contributed by atoms with E-state index in [4.69, 9.17) is 0 Å². The van der Waals surface area contributed by atoms with Crippen molar-refractivity contribution in [2.75, 3.05) is 11.4 Å². The second-order valence-corrected chi connectivity index (χ2v) is 9.70. The summed E-state index contributed by atoms with van der Waals surface area (Å²) < 4.78 is 40.3. The van der Waals surface area contributed by atoms with Crippen LogP contribution in [-0.2, 0) is 6.18 Å². The van der Waals surface area contributed by atoms with Crippen LogP contribution in [0, 0.1) is 10.8 Å². The summed E-state index contributed by atoms with van der Waals surface area (Å²) in [7, 11) is 0. The predicted molar refractivity (Wildman–Crippen MR) is 97.2 cm³/mol. The van der Waals surface area contributed by atoms with Crippen LogP contribution in [0.1, 0.15) is 45.7 Å². The van der Waals surface area contributed by atoms with E-state index in [1.807, 2.05) is 16.3 Å². The minimum absolute atomic E-state index is 0.104. The molecule has 2 bridgehead atoms. The highest BCUT2D eigenvalue weighted by Gasteiger charge is 2.50. The first kappa shape index (κ1) is 17.8. The standard InChI is InChI=1S/C19H22F3N3S/c1-17(2)8-12-9-18(3,10-17)11-25(12)16-23-13(14-5-4-6-26-14)7-15(24-16)19(20,21)22/h4-7,12H,8-11H2,1-3H3/t12-,18-/m1/s1. The fourth-order valence-corrected chi connectivity index (χ4v) is 5.64. The van der Waals surface area contributed by atoms with E-state index in [-0.39, 0.29) is 22.8 Å². The van der Waals surface area contributed by atoms with Crippen molar-refractivity contribution in [3.63, 3.8) is 0 Å². The van der Waals surface area contributed by atoms with E-state index >= 15 is 0 Å². The van der Waals surface area contributed by atoms with Gasteiger partial charge in [0.25, 0.3) is 0 Å². The molecule has 2 aromatic rings. The molecule has 0 aromatic carbocycles. The van der Waals surface area contributed by atoms with Gasteiger partial charge in [0.1, 0.15) is 0 Å². The molecular formula is C19H22F3N3S. The summed E-state index contributed by atoms with van der Waals surface area (Å²) in [6.07, 6.45) is -1.47. The number of halogens is 3. The maximum atomic E-state index is 13.4. The van der Waals surface area contributed by atoms with Gasteiger partial charge < -0.3 is 4.90 Å². The first-order valence-electron chi connectivity index (χ1n) is 8.82. The molecule has 4 rings (SSSR count). The highest BCUT2D eigenvalue weighted by molar-refractivity contribution is 7.13. The van der Waals surface area contributed by atoms with E-state index in [0.717, 1.165) is 30.2 Å². The van der Waals surface area contributed by atoms with E-state index in [9.17, 15) is 13.2 Å². The van der Waals surface area contributed by atoms with Crippen LogP contribution >= 0.6 is 11.3 Å². The Balaban J connectivity index is 1.78.